The summed E-state index contributed by atoms with van der Waals surface area (Å²) in [6.07, 6.45) is 1.37. The zero-order valence-electron chi connectivity index (χ0n) is 16.3. The fourth-order valence-corrected chi connectivity index (χ4v) is 5.89. The number of hydrogen-bond donors (Lipinski definition) is 2. The van der Waals surface area contributed by atoms with E-state index in [-0.39, 0.29) is 36.2 Å². The second-order valence-corrected chi connectivity index (χ2v) is 10.1. The van der Waals surface area contributed by atoms with Crippen LogP contribution in [0.1, 0.15) is 50.5 Å². The first-order valence-electron chi connectivity index (χ1n) is 10.0. The van der Waals surface area contributed by atoms with E-state index in [0.717, 1.165) is 42.1 Å². The Morgan fingerprint density at radius 1 is 1.00 bits per heavy atom. The summed E-state index contributed by atoms with van der Waals surface area (Å²) < 4.78 is 65.7. The van der Waals surface area contributed by atoms with Crippen molar-refractivity contribution in [2.75, 3.05) is 13.1 Å². The molecule has 2 fully saturated rings. The van der Waals surface area contributed by atoms with E-state index in [1.54, 1.807) is 0 Å². The number of piperidine rings is 1. The lowest BCUT2D eigenvalue weighted by Gasteiger charge is -2.32. The number of halogens is 4. The van der Waals surface area contributed by atoms with Crippen LogP contribution in [0.3, 0.4) is 0 Å². The molecule has 1 aliphatic heterocycles. The number of nitrogens with one attached hydrogen (secondary N) is 2. The van der Waals surface area contributed by atoms with Crippen LogP contribution in [-0.4, -0.2) is 43.9 Å². The molecule has 1 aromatic rings. The van der Waals surface area contributed by atoms with E-state index in [9.17, 15) is 26.4 Å². The highest BCUT2D eigenvalue weighted by atomic mass is 35.5. The summed E-state index contributed by atoms with van der Waals surface area (Å²) in [6.45, 7) is 0.173. The molecule has 1 saturated heterocycles. The van der Waals surface area contributed by atoms with Crippen molar-refractivity contribution in [3.63, 3.8) is 0 Å². The lowest BCUT2D eigenvalue weighted by atomic mass is 9.96. The summed E-state index contributed by atoms with van der Waals surface area (Å²) in [5, 5.41) is 5.57. The van der Waals surface area contributed by atoms with Crippen molar-refractivity contribution in [2.24, 2.45) is 0 Å². The van der Waals surface area contributed by atoms with Gasteiger partial charge < -0.3 is 10.6 Å². The van der Waals surface area contributed by atoms with Crippen LogP contribution < -0.4 is 10.6 Å². The minimum absolute atomic E-state index is 0.0866. The number of hydrogen-bond acceptors (Lipinski definition) is 3. The standard InChI is InChI=1S/C19H25ClF3N3O3S/c20-16-7-6-13(19(21,22)23)12-17(16)30(28,29)26-10-8-15(9-11-26)25-18(27)24-14-4-2-1-3-5-14/h6-7,12,14-15H,1-5,8-11H2,(H2,24,25,27). The van der Waals surface area contributed by atoms with Crippen LogP contribution in [0.25, 0.3) is 0 Å². The predicted octanol–water partition coefficient (Wildman–Crippen LogP) is 4.14. The Morgan fingerprint density at radius 2 is 1.57 bits per heavy atom. The number of sulfonamides is 1. The summed E-state index contributed by atoms with van der Waals surface area (Å²) in [5.41, 5.74) is -1.07. The Hall–Kier alpha value is -1.52. The van der Waals surface area contributed by atoms with Crippen LogP contribution in [0, 0.1) is 0 Å². The largest absolute Gasteiger partial charge is 0.416 e. The van der Waals surface area contributed by atoms with Gasteiger partial charge in [0.15, 0.2) is 0 Å². The molecule has 2 N–H and O–H groups in total. The van der Waals surface area contributed by atoms with Gasteiger partial charge in [0, 0.05) is 25.2 Å². The van der Waals surface area contributed by atoms with E-state index < -0.39 is 26.7 Å². The van der Waals surface area contributed by atoms with Crippen LogP contribution in [0.5, 0.6) is 0 Å². The topological polar surface area (TPSA) is 78.5 Å². The fraction of sp³-hybridized carbons (Fsp3) is 0.632. The van der Waals surface area contributed by atoms with Crippen LogP contribution >= 0.6 is 11.6 Å². The molecule has 0 radical (unpaired) electrons. The van der Waals surface area contributed by atoms with E-state index in [2.05, 4.69) is 10.6 Å². The predicted molar refractivity (Wildman–Crippen MR) is 107 cm³/mol. The van der Waals surface area contributed by atoms with Gasteiger partial charge in [0.25, 0.3) is 0 Å². The van der Waals surface area contributed by atoms with Gasteiger partial charge in [-0.2, -0.15) is 17.5 Å². The van der Waals surface area contributed by atoms with Gasteiger partial charge in [-0.15, -0.1) is 0 Å². The first-order valence-corrected chi connectivity index (χ1v) is 11.8. The Kier molecular flexibility index (Phi) is 7.19. The van der Waals surface area contributed by atoms with E-state index >= 15 is 0 Å². The molecule has 0 atom stereocenters. The molecule has 168 valence electrons. The normalized spacial score (nSPS) is 20.1. The quantitative estimate of drug-likeness (QED) is 0.698. The number of carbonyl (C=O) groups excluding carboxylic acids is 1. The molecule has 2 aliphatic rings. The molecular formula is C19H25ClF3N3O3S. The zero-order valence-corrected chi connectivity index (χ0v) is 17.9. The number of nitrogens with zero attached hydrogens (tertiary/aromatic N) is 1. The number of alkyl halides is 3. The lowest BCUT2D eigenvalue weighted by molar-refractivity contribution is -0.137. The van der Waals surface area contributed by atoms with Gasteiger partial charge in [0.2, 0.25) is 10.0 Å². The molecule has 1 heterocycles. The smallest absolute Gasteiger partial charge is 0.335 e. The van der Waals surface area contributed by atoms with E-state index in [1.165, 1.54) is 6.42 Å². The maximum atomic E-state index is 13.0. The highest BCUT2D eigenvalue weighted by Crippen LogP contribution is 2.35. The van der Waals surface area contributed by atoms with Crippen LogP contribution in [0.15, 0.2) is 23.1 Å². The number of rotatable bonds is 4. The third-order valence-corrected chi connectivity index (χ3v) is 7.99. The van der Waals surface area contributed by atoms with Gasteiger partial charge >= 0.3 is 12.2 Å². The minimum atomic E-state index is -4.67. The Morgan fingerprint density at radius 3 is 2.13 bits per heavy atom. The Labute approximate surface area is 179 Å². The number of carbonyl (C=O) groups is 1. The maximum absolute atomic E-state index is 13.0. The molecule has 11 heteroatoms. The molecule has 1 aliphatic carbocycles. The molecule has 1 aromatic carbocycles. The SMILES string of the molecule is O=C(NC1CCCCC1)NC1CCN(S(=O)(=O)c2cc(C(F)(F)F)ccc2Cl)CC1. The average molecular weight is 468 g/mol. The second kappa shape index (κ2) is 9.32. The first kappa shape index (κ1) is 23.1. The zero-order chi connectivity index (χ0) is 21.9. The third kappa shape index (κ3) is 5.59. The fourth-order valence-electron chi connectivity index (χ4n) is 3.92. The highest BCUT2D eigenvalue weighted by Gasteiger charge is 2.36. The van der Waals surface area contributed by atoms with Crippen LogP contribution in [0.2, 0.25) is 5.02 Å². The number of amides is 2. The van der Waals surface area contributed by atoms with Crippen molar-refractivity contribution < 1.29 is 26.4 Å². The first-order chi connectivity index (χ1) is 14.1. The van der Waals surface area contributed by atoms with Crippen LogP contribution in [0.4, 0.5) is 18.0 Å². The van der Waals surface area contributed by atoms with Gasteiger partial charge in [-0.3, -0.25) is 0 Å². The van der Waals surface area contributed by atoms with Crippen molar-refractivity contribution in [1.29, 1.82) is 0 Å². The molecule has 0 aromatic heterocycles. The maximum Gasteiger partial charge on any atom is 0.416 e. The van der Waals surface area contributed by atoms with Gasteiger partial charge in [0.05, 0.1) is 10.6 Å². The molecular weight excluding hydrogens is 443 g/mol. The van der Waals surface area contributed by atoms with E-state index in [1.807, 2.05) is 0 Å². The van der Waals surface area contributed by atoms with E-state index in [4.69, 9.17) is 11.6 Å². The third-order valence-electron chi connectivity index (χ3n) is 5.61. The van der Waals surface area contributed by atoms with Gasteiger partial charge in [-0.05, 0) is 43.9 Å². The summed E-state index contributed by atoms with van der Waals surface area (Å²) in [5.74, 6) is 0. The van der Waals surface area contributed by atoms with Crippen molar-refractivity contribution >= 4 is 27.7 Å². The van der Waals surface area contributed by atoms with Crippen LogP contribution in [-0.2, 0) is 16.2 Å². The second-order valence-electron chi connectivity index (χ2n) is 7.77. The molecule has 3 rings (SSSR count). The van der Waals surface area contributed by atoms with Crippen molar-refractivity contribution in [1.82, 2.24) is 14.9 Å². The Bertz CT molecular complexity index is 866. The van der Waals surface area contributed by atoms with Gasteiger partial charge in [-0.25, -0.2) is 13.2 Å². The molecule has 0 bridgehead atoms. The summed E-state index contributed by atoms with van der Waals surface area (Å²) >= 11 is 5.90. The van der Waals surface area contributed by atoms with Gasteiger partial charge in [-0.1, -0.05) is 30.9 Å². The minimum Gasteiger partial charge on any atom is -0.335 e. The monoisotopic (exact) mass is 467 g/mol. The number of benzene rings is 1. The van der Waals surface area contributed by atoms with Crippen molar-refractivity contribution in [3.8, 4) is 0 Å². The molecule has 1 saturated carbocycles. The molecule has 2 amide bonds. The molecule has 0 spiro atoms. The van der Waals surface area contributed by atoms with E-state index in [0.29, 0.717) is 18.9 Å². The summed E-state index contributed by atoms with van der Waals surface area (Å²) in [7, 11) is -4.18. The average Bonchev–Trinajstić information content (AvgIpc) is 2.68. The summed E-state index contributed by atoms with van der Waals surface area (Å²) in [4.78, 5) is 11.6. The highest BCUT2D eigenvalue weighted by molar-refractivity contribution is 7.89. The van der Waals surface area contributed by atoms with Crippen molar-refractivity contribution in [3.05, 3.63) is 28.8 Å². The van der Waals surface area contributed by atoms with Gasteiger partial charge in [0.1, 0.15) is 4.90 Å². The Balaban J connectivity index is 1.59. The molecule has 6 nitrogen and oxygen atoms in total. The summed E-state index contributed by atoms with van der Waals surface area (Å²) in [6, 6.07) is 1.98. The molecule has 30 heavy (non-hydrogen) atoms. The number of urea groups is 1. The molecule has 0 unspecified atom stereocenters. The lowest BCUT2D eigenvalue weighted by Crippen LogP contribution is -2.51. The van der Waals surface area contributed by atoms with Crippen molar-refractivity contribution in [2.45, 2.75) is 68.1 Å².